The lowest BCUT2D eigenvalue weighted by Crippen LogP contribution is -2.28. The molecule has 0 aliphatic rings. The number of nitrogens with one attached hydrogen (secondary N) is 1. The van der Waals surface area contributed by atoms with Gasteiger partial charge in [0.2, 0.25) is 0 Å². The summed E-state index contributed by atoms with van der Waals surface area (Å²) in [6.07, 6.45) is 2.21. The first-order valence-corrected chi connectivity index (χ1v) is 7.20. The molecule has 0 bridgehead atoms. The second-order valence-corrected chi connectivity index (χ2v) is 5.90. The number of rotatable bonds is 3. The molecule has 2 heterocycles. The fourth-order valence-corrected chi connectivity index (χ4v) is 2.00. The van der Waals surface area contributed by atoms with Crippen molar-refractivity contribution in [3.05, 3.63) is 18.0 Å². The number of anilines is 1. The largest absolute Gasteiger partial charge is 0.462 e. The normalized spacial score (nSPS) is 11.3. The molecule has 0 saturated heterocycles. The van der Waals surface area contributed by atoms with Crippen LogP contribution in [-0.2, 0) is 16.5 Å². The van der Waals surface area contributed by atoms with Crippen molar-refractivity contribution < 1.29 is 19.1 Å². The highest BCUT2D eigenvalue weighted by molar-refractivity contribution is 6.08. The van der Waals surface area contributed by atoms with Gasteiger partial charge in [-0.25, -0.2) is 14.6 Å². The second-order valence-electron chi connectivity index (χ2n) is 5.90. The van der Waals surface area contributed by atoms with E-state index in [0.717, 1.165) is 0 Å². The van der Waals surface area contributed by atoms with Crippen molar-refractivity contribution in [2.45, 2.75) is 33.3 Å². The fourth-order valence-electron chi connectivity index (χ4n) is 2.00. The summed E-state index contributed by atoms with van der Waals surface area (Å²) in [4.78, 5) is 28.4. The first-order chi connectivity index (χ1) is 10.7. The summed E-state index contributed by atoms with van der Waals surface area (Å²) in [6.45, 7) is 7.19. The predicted molar refractivity (Wildman–Crippen MR) is 84.3 cm³/mol. The maximum atomic E-state index is 12.1. The van der Waals surface area contributed by atoms with Gasteiger partial charge < -0.3 is 9.47 Å². The van der Waals surface area contributed by atoms with E-state index in [9.17, 15) is 9.59 Å². The molecule has 8 heteroatoms. The smallest absolute Gasteiger partial charge is 0.412 e. The van der Waals surface area contributed by atoms with Gasteiger partial charge >= 0.3 is 12.1 Å². The molecule has 0 aliphatic carbocycles. The van der Waals surface area contributed by atoms with Crippen LogP contribution in [0.2, 0.25) is 0 Å². The van der Waals surface area contributed by atoms with Crippen LogP contribution in [0.1, 0.15) is 38.1 Å². The van der Waals surface area contributed by atoms with Crippen molar-refractivity contribution in [2.24, 2.45) is 7.05 Å². The zero-order valence-corrected chi connectivity index (χ0v) is 13.8. The van der Waals surface area contributed by atoms with Crippen molar-refractivity contribution in [1.82, 2.24) is 14.8 Å². The summed E-state index contributed by atoms with van der Waals surface area (Å²) in [5.74, 6) is -0.572. The number of nitrogens with zero attached hydrogens (tertiary/aromatic N) is 3. The zero-order chi connectivity index (χ0) is 17.2. The lowest BCUT2D eigenvalue weighted by Gasteiger charge is -2.20. The standard InChI is InChI=1S/C15H20N4O4/c1-6-22-13(20)10-7-16-12-9(8-17-19(12)5)11(10)18-14(21)23-15(2,3)4/h7-8H,6H2,1-5H3,(H,16,18,21). The molecule has 1 N–H and O–H groups in total. The van der Waals surface area contributed by atoms with Crippen molar-refractivity contribution >= 4 is 28.8 Å². The summed E-state index contributed by atoms with van der Waals surface area (Å²) in [7, 11) is 1.72. The summed E-state index contributed by atoms with van der Waals surface area (Å²) in [6, 6.07) is 0. The molecule has 2 aromatic heterocycles. The van der Waals surface area contributed by atoms with Crippen LogP contribution in [0.5, 0.6) is 0 Å². The fraction of sp³-hybridized carbons (Fsp3) is 0.467. The van der Waals surface area contributed by atoms with Gasteiger partial charge in [-0.3, -0.25) is 10.00 Å². The van der Waals surface area contributed by atoms with Gasteiger partial charge in [-0.05, 0) is 27.7 Å². The van der Waals surface area contributed by atoms with Gasteiger partial charge in [-0.1, -0.05) is 0 Å². The Morgan fingerprint density at radius 3 is 2.61 bits per heavy atom. The van der Waals surface area contributed by atoms with E-state index in [1.54, 1.807) is 39.4 Å². The Labute approximate surface area is 133 Å². The molecule has 0 aliphatic heterocycles. The molecule has 0 saturated carbocycles. The Bertz CT molecular complexity index is 746. The van der Waals surface area contributed by atoms with Crippen LogP contribution >= 0.6 is 0 Å². The minimum absolute atomic E-state index is 0.151. The maximum absolute atomic E-state index is 12.1. The summed E-state index contributed by atoms with van der Waals surface area (Å²) >= 11 is 0. The van der Waals surface area contributed by atoms with Gasteiger partial charge in [0, 0.05) is 13.2 Å². The molecule has 124 valence electrons. The van der Waals surface area contributed by atoms with Crippen molar-refractivity contribution in [2.75, 3.05) is 11.9 Å². The number of fused-ring (bicyclic) bond motifs is 1. The third-order valence-corrected chi connectivity index (χ3v) is 2.88. The van der Waals surface area contributed by atoms with Crippen LogP contribution in [0.3, 0.4) is 0 Å². The summed E-state index contributed by atoms with van der Waals surface area (Å²) in [5, 5.41) is 7.23. The molecule has 1 amide bonds. The Balaban J connectivity index is 2.46. The summed E-state index contributed by atoms with van der Waals surface area (Å²) < 4.78 is 11.8. The number of amides is 1. The quantitative estimate of drug-likeness (QED) is 0.873. The Morgan fingerprint density at radius 2 is 2.00 bits per heavy atom. The van der Waals surface area contributed by atoms with Gasteiger partial charge in [-0.15, -0.1) is 0 Å². The number of esters is 1. The lowest BCUT2D eigenvalue weighted by atomic mass is 10.2. The third-order valence-electron chi connectivity index (χ3n) is 2.88. The van der Waals surface area contributed by atoms with Crippen LogP contribution in [0, 0.1) is 0 Å². The van der Waals surface area contributed by atoms with E-state index in [0.29, 0.717) is 11.0 Å². The third kappa shape index (κ3) is 3.77. The highest BCUT2D eigenvalue weighted by Crippen LogP contribution is 2.27. The number of pyridine rings is 1. The highest BCUT2D eigenvalue weighted by atomic mass is 16.6. The maximum Gasteiger partial charge on any atom is 0.412 e. The number of aromatic nitrogens is 3. The zero-order valence-electron chi connectivity index (χ0n) is 13.8. The van der Waals surface area contributed by atoms with E-state index in [1.807, 2.05) is 0 Å². The van der Waals surface area contributed by atoms with E-state index in [4.69, 9.17) is 9.47 Å². The first-order valence-electron chi connectivity index (χ1n) is 7.20. The van der Waals surface area contributed by atoms with E-state index >= 15 is 0 Å². The molecule has 8 nitrogen and oxygen atoms in total. The molecule has 2 aromatic rings. The van der Waals surface area contributed by atoms with Crippen LogP contribution in [-0.4, -0.2) is 39.0 Å². The van der Waals surface area contributed by atoms with Gasteiger partial charge in [0.05, 0.1) is 23.9 Å². The topological polar surface area (TPSA) is 95.3 Å². The van der Waals surface area contributed by atoms with Gasteiger partial charge in [-0.2, -0.15) is 5.10 Å². The molecule has 0 spiro atoms. The van der Waals surface area contributed by atoms with Crippen molar-refractivity contribution in [1.29, 1.82) is 0 Å². The van der Waals surface area contributed by atoms with Gasteiger partial charge in [0.15, 0.2) is 5.65 Å². The monoisotopic (exact) mass is 320 g/mol. The molecule has 0 radical (unpaired) electrons. The number of carbonyl (C=O) groups excluding carboxylic acids is 2. The van der Waals surface area contributed by atoms with E-state index in [-0.39, 0.29) is 17.9 Å². The minimum atomic E-state index is -0.667. The predicted octanol–water partition coefficient (Wildman–Crippen LogP) is 2.49. The summed E-state index contributed by atoms with van der Waals surface area (Å²) in [5.41, 5.74) is 0.299. The number of hydrogen-bond acceptors (Lipinski definition) is 6. The molecule has 0 atom stereocenters. The molecular formula is C15H20N4O4. The van der Waals surface area contributed by atoms with Crippen LogP contribution in [0.25, 0.3) is 11.0 Å². The molecule has 0 unspecified atom stereocenters. The number of hydrogen-bond donors (Lipinski definition) is 1. The minimum Gasteiger partial charge on any atom is -0.462 e. The Hall–Kier alpha value is -2.64. The van der Waals surface area contributed by atoms with E-state index < -0.39 is 17.7 Å². The van der Waals surface area contributed by atoms with E-state index in [1.165, 1.54) is 12.4 Å². The second kappa shape index (κ2) is 6.23. The average molecular weight is 320 g/mol. The van der Waals surface area contributed by atoms with Crippen LogP contribution < -0.4 is 5.32 Å². The molecule has 23 heavy (non-hydrogen) atoms. The average Bonchev–Trinajstić information content (AvgIpc) is 2.79. The van der Waals surface area contributed by atoms with Crippen LogP contribution in [0.15, 0.2) is 12.4 Å². The number of aryl methyl sites for hydroxylation is 1. The van der Waals surface area contributed by atoms with Crippen molar-refractivity contribution in [3.8, 4) is 0 Å². The first kappa shape index (κ1) is 16.7. The number of carbonyl (C=O) groups is 2. The molecular weight excluding hydrogens is 300 g/mol. The molecule has 2 rings (SSSR count). The van der Waals surface area contributed by atoms with Gasteiger partial charge in [0.1, 0.15) is 11.2 Å². The Morgan fingerprint density at radius 1 is 1.30 bits per heavy atom. The number of ether oxygens (including phenoxy) is 2. The molecule has 0 aromatic carbocycles. The Kier molecular flexibility index (Phi) is 4.53. The highest BCUT2D eigenvalue weighted by Gasteiger charge is 2.23. The lowest BCUT2D eigenvalue weighted by molar-refractivity contribution is 0.0527. The van der Waals surface area contributed by atoms with Crippen LogP contribution in [0.4, 0.5) is 10.5 Å². The SMILES string of the molecule is CCOC(=O)c1cnc2c(cnn2C)c1NC(=O)OC(C)(C)C. The van der Waals surface area contributed by atoms with Gasteiger partial charge in [0.25, 0.3) is 0 Å². The molecule has 0 fully saturated rings. The van der Waals surface area contributed by atoms with Crippen molar-refractivity contribution in [3.63, 3.8) is 0 Å². The van der Waals surface area contributed by atoms with E-state index in [2.05, 4.69) is 15.4 Å².